The first kappa shape index (κ1) is 18.8. The topological polar surface area (TPSA) is 109 Å². The van der Waals surface area contributed by atoms with Crippen LogP contribution in [0, 0.1) is 6.92 Å². The molecule has 0 bridgehead atoms. The van der Waals surface area contributed by atoms with Crippen molar-refractivity contribution in [2.45, 2.75) is 37.8 Å². The summed E-state index contributed by atoms with van der Waals surface area (Å²) in [5.41, 5.74) is 3.54. The number of aromatic nitrogens is 2. The predicted molar refractivity (Wildman–Crippen MR) is 101 cm³/mol. The Hall–Kier alpha value is -2.58. The molecule has 146 valence electrons. The Labute approximate surface area is 162 Å². The smallest absolute Gasteiger partial charge is 0.223 e. The Morgan fingerprint density at radius 1 is 1.04 bits per heavy atom. The molecular formula is C21H22N2O5. The van der Waals surface area contributed by atoms with E-state index in [1.807, 2.05) is 48.5 Å². The molecule has 3 unspecified atom stereocenters. The Kier molecular flexibility index (Phi) is 5.23. The van der Waals surface area contributed by atoms with Gasteiger partial charge in [0.25, 0.3) is 0 Å². The van der Waals surface area contributed by atoms with Gasteiger partial charge in [-0.25, -0.2) is 0 Å². The second kappa shape index (κ2) is 7.81. The lowest BCUT2D eigenvalue weighted by molar-refractivity contribution is -0.179. The summed E-state index contributed by atoms with van der Waals surface area (Å²) in [7, 11) is 0. The van der Waals surface area contributed by atoms with Crippen LogP contribution in [0.2, 0.25) is 0 Å². The number of rotatable bonds is 4. The van der Waals surface area contributed by atoms with Gasteiger partial charge in [0.15, 0.2) is 0 Å². The van der Waals surface area contributed by atoms with Gasteiger partial charge >= 0.3 is 0 Å². The second-order valence-corrected chi connectivity index (χ2v) is 6.99. The number of hydrogen-bond donors (Lipinski definition) is 3. The fourth-order valence-electron chi connectivity index (χ4n) is 3.47. The van der Waals surface area contributed by atoms with Gasteiger partial charge in [-0.1, -0.05) is 47.6 Å². The molecule has 0 spiro atoms. The van der Waals surface area contributed by atoms with Crippen molar-refractivity contribution in [3.05, 3.63) is 60.0 Å². The fourth-order valence-corrected chi connectivity index (χ4v) is 3.47. The lowest BCUT2D eigenvalue weighted by atomic mass is 9.91. The van der Waals surface area contributed by atoms with Crippen molar-refractivity contribution in [3.63, 3.8) is 0 Å². The molecule has 0 amide bonds. The monoisotopic (exact) mass is 382 g/mol. The number of nitrogens with zero attached hydrogens (tertiary/aromatic N) is 2. The van der Waals surface area contributed by atoms with E-state index in [2.05, 4.69) is 10.1 Å². The molecule has 1 aliphatic heterocycles. The number of aliphatic hydroxyl groups excluding tert-OH is 3. The summed E-state index contributed by atoms with van der Waals surface area (Å²) in [4.78, 5) is 4.22. The van der Waals surface area contributed by atoms with Gasteiger partial charge in [-0.2, -0.15) is 4.98 Å². The summed E-state index contributed by atoms with van der Waals surface area (Å²) in [6, 6.07) is 15.4. The average molecular weight is 382 g/mol. The van der Waals surface area contributed by atoms with Gasteiger partial charge in [-0.15, -0.1) is 0 Å². The molecule has 0 saturated carbocycles. The number of ether oxygens (including phenoxy) is 1. The summed E-state index contributed by atoms with van der Waals surface area (Å²) >= 11 is 0. The minimum absolute atomic E-state index is 0.197. The maximum Gasteiger partial charge on any atom is 0.223 e. The van der Waals surface area contributed by atoms with Crippen molar-refractivity contribution in [1.82, 2.24) is 10.1 Å². The number of hydrogen-bond acceptors (Lipinski definition) is 7. The van der Waals surface area contributed by atoms with Crippen LogP contribution < -0.4 is 0 Å². The second-order valence-electron chi connectivity index (χ2n) is 6.99. The van der Waals surface area contributed by atoms with Crippen molar-refractivity contribution in [2.24, 2.45) is 0 Å². The molecule has 2 aromatic carbocycles. The van der Waals surface area contributed by atoms with Gasteiger partial charge < -0.3 is 24.6 Å². The van der Waals surface area contributed by atoms with Crippen LogP contribution >= 0.6 is 0 Å². The van der Waals surface area contributed by atoms with Gasteiger partial charge in [0.2, 0.25) is 11.7 Å². The molecule has 4 atom stereocenters. The molecule has 1 aliphatic rings. The van der Waals surface area contributed by atoms with Gasteiger partial charge in [-0.3, -0.25) is 0 Å². The van der Waals surface area contributed by atoms with Crippen LogP contribution in [0.15, 0.2) is 53.1 Å². The van der Waals surface area contributed by atoms with Crippen molar-refractivity contribution >= 4 is 0 Å². The van der Waals surface area contributed by atoms with Crippen molar-refractivity contribution < 1.29 is 24.6 Å². The minimum atomic E-state index is -1.04. The number of aryl methyl sites for hydroxylation is 1. The Morgan fingerprint density at radius 3 is 2.46 bits per heavy atom. The zero-order valence-corrected chi connectivity index (χ0v) is 15.4. The molecule has 1 saturated heterocycles. The quantitative estimate of drug-likeness (QED) is 0.635. The summed E-state index contributed by atoms with van der Waals surface area (Å²) in [6.45, 7) is 1.55. The summed E-state index contributed by atoms with van der Waals surface area (Å²) in [5, 5.41) is 33.7. The fraction of sp³-hybridized carbons (Fsp3) is 0.333. The molecule has 1 fully saturated rings. The van der Waals surface area contributed by atoms with Crippen molar-refractivity contribution in [3.8, 4) is 22.5 Å². The van der Waals surface area contributed by atoms with E-state index in [1.54, 1.807) is 6.92 Å². The molecule has 7 nitrogen and oxygen atoms in total. The highest BCUT2D eigenvalue weighted by molar-refractivity contribution is 5.68. The van der Waals surface area contributed by atoms with Crippen molar-refractivity contribution in [2.75, 3.05) is 6.61 Å². The van der Waals surface area contributed by atoms with E-state index >= 15 is 0 Å². The van der Waals surface area contributed by atoms with E-state index in [4.69, 9.17) is 9.26 Å². The lowest BCUT2D eigenvalue weighted by Gasteiger charge is -2.37. The Balaban J connectivity index is 1.60. The number of aliphatic hydroxyl groups is 3. The Bertz CT molecular complexity index is 940. The molecule has 7 heteroatoms. The molecule has 3 aromatic rings. The highest BCUT2D eigenvalue weighted by Gasteiger charge is 2.37. The zero-order chi connectivity index (χ0) is 19.7. The van der Waals surface area contributed by atoms with Crippen molar-refractivity contribution in [1.29, 1.82) is 0 Å². The van der Waals surface area contributed by atoms with E-state index in [0.717, 1.165) is 22.3 Å². The first-order valence-electron chi connectivity index (χ1n) is 9.18. The standard InChI is InChI=1S/C21H22N2O5/c1-12-22-21(23-28-12)14-7-5-13(6-8-14)15-3-2-4-16(9-15)20-19(26)18(25)10-17(11-24)27-20/h2-9,17-20,24-26H,10-11H2,1H3/t17?,18?,19?,20-/m1/s1. The predicted octanol–water partition coefficient (Wildman–Crippen LogP) is 2.26. The van der Waals surface area contributed by atoms with Gasteiger partial charge in [-0.05, 0) is 22.8 Å². The van der Waals surface area contributed by atoms with Crippen LogP contribution in [0.3, 0.4) is 0 Å². The van der Waals surface area contributed by atoms with Crippen LogP contribution in [0.25, 0.3) is 22.5 Å². The maximum atomic E-state index is 10.4. The maximum absolute atomic E-state index is 10.4. The van der Waals surface area contributed by atoms with E-state index in [-0.39, 0.29) is 13.0 Å². The highest BCUT2D eigenvalue weighted by atomic mass is 16.5. The van der Waals surface area contributed by atoms with Crippen LogP contribution in [-0.2, 0) is 4.74 Å². The van der Waals surface area contributed by atoms with Crippen LogP contribution in [0.5, 0.6) is 0 Å². The van der Waals surface area contributed by atoms with Gasteiger partial charge in [0, 0.05) is 18.9 Å². The third-order valence-electron chi connectivity index (χ3n) is 4.97. The summed E-state index contributed by atoms with van der Waals surface area (Å²) in [5.74, 6) is 1.06. The van der Waals surface area contributed by atoms with E-state index in [0.29, 0.717) is 11.7 Å². The van der Waals surface area contributed by atoms with E-state index in [9.17, 15) is 15.3 Å². The average Bonchev–Trinajstić information content (AvgIpc) is 3.16. The van der Waals surface area contributed by atoms with Gasteiger partial charge in [0.1, 0.15) is 12.2 Å². The molecule has 0 aliphatic carbocycles. The first-order valence-corrected chi connectivity index (χ1v) is 9.18. The largest absolute Gasteiger partial charge is 0.394 e. The Morgan fingerprint density at radius 2 is 1.79 bits per heavy atom. The summed E-state index contributed by atoms with van der Waals surface area (Å²) in [6.07, 6.45) is -2.95. The third kappa shape index (κ3) is 3.70. The minimum Gasteiger partial charge on any atom is -0.394 e. The molecule has 1 aromatic heterocycles. The first-order chi connectivity index (χ1) is 13.5. The molecular weight excluding hydrogens is 360 g/mol. The number of benzene rings is 2. The van der Waals surface area contributed by atoms with Crippen LogP contribution in [-0.4, -0.2) is 50.4 Å². The zero-order valence-electron chi connectivity index (χ0n) is 15.4. The molecule has 4 rings (SSSR count). The highest BCUT2D eigenvalue weighted by Crippen LogP contribution is 2.34. The van der Waals surface area contributed by atoms with E-state index in [1.165, 1.54) is 0 Å². The lowest BCUT2D eigenvalue weighted by Crippen LogP contribution is -2.44. The SMILES string of the molecule is Cc1nc(-c2ccc(-c3cccc([C@H]4OC(CO)CC(O)C4O)c3)cc2)no1. The van der Waals surface area contributed by atoms with Crippen LogP contribution in [0.1, 0.15) is 24.0 Å². The molecule has 2 heterocycles. The molecule has 28 heavy (non-hydrogen) atoms. The summed E-state index contributed by atoms with van der Waals surface area (Å²) < 4.78 is 10.8. The van der Waals surface area contributed by atoms with E-state index < -0.39 is 24.4 Å². The van der Waals surface area contributed by atoms with Gasteiger partial charge in [0.05, 0.1) is 18.8 Å². The molecule has 0 radical (unpaired) electrons. The van der Waals surface area contributed by atoms with Crippen LogP contribution in [0.4, 0.5) is 0 Å². The third-order valence-corrected chi connectivity index (χ3v) is 4.97. The molecule has 3 N–H and O–H groups in total. The normalized spacial score (nSPS) is 25.0.